The van der Waals surface area contributed by atoms with Gasteiger partial charge in [-0.1, -0.05) is 24.3 Å². The molecule has 4 aromatic rings. The topological polar surface area (TPSA) is 85.2 Å². The first-order valence-electron chi connectivity index (χ1n) is 11.9. The van der Waals surface area contributed by atoms with Gasteiger partial charge in [-0.15, -0.1) is 10.2 Å². The highest BCUT2D eigenvalue weighted by molar-refractivity contribution is 6.10. The number of nitrogens with zero attached hydrogens (tertiary/aromatic N) is 5. The van der Waals surface area contributed by atoms with Gasteiger partial charge in [0.25, 0.3) is 5.91 Å². The number of anilines is 2. The Morgan fingerprint density at radius 1 is 1.08 bits per heavy atom. The maximum atomic E-state index is 14.0. The number of hydrogen-bond donors (Lipinski definition) is 1. The molecule has 0 saturated carbocycles. The third-order valence-electron chi connectivity index (χ3n) is 6.35. The zero-order valence-corrected chi connectivity index (χ0v) is 21.0. The summed E-state index contributed by atoms with van der Waals surface area (Å²) in [5, 5.41) is 11.4. The largest absolute Gasteiger partial charge is 0.416 e. The lowest BCUT2D eigenvalue weighted by Gasteiger charge is -2.19. The van der Waals surface area contributed by atoms with Gasteiger partial charge in [0.2, 0.25) is 0 Å². The van der Waals surface area contributed by atoms with E-state index in [1.54, 1.807) is 17.0 Å². The van der Waals surface area contributed by atoms with Crippen LogP contribution in [0.3, 0.4) is 0 Å². The third kappa shape index (κ3) is 4.60. The molecule has 196 valence electrons. The van der Waals surface area contributed by atoms with Crippen LogP contribution >= 0.6 is 0 Å². The normalized spacial score (nSPS) is 13.2. The SMILES string of the molecule is CCNc1cc(-c2ccccc2-c2nncn2C)cc(N2Cc3c(cc(COC)cc3C(F)(F)F)C2=O)n1. The number of fused-ring (bicyclic) bond motifs is 1. The van der Waals surface area contributed by atoms with E-state index < -0.39 is 17.6 Å². The maximum Gasteiger partial charge on any atom is 0.416 e. The van der Waals surface area contributed by atoms with Gasteiger partial charge in [0.15, 0.2) is 5.82 Å². The number of hydrogen-bond acceptors (Lipinski definition) is 6. The van der Waals surface area contributed by atoms with Crippen LogP contribution in [0.4, 0.5) is 24.8 Å². The van der Waals surface area contributed by atoms with E-state index in [2.05, 4.69) is 20.5 Å². The lowest BCUT2D eigenvalue weighted by atomic mass is 9.99. The van der Waals surface area contributed by atoms with Gasteiger partial charge in [-0.2, -0.15) is 13.2 Å². The van der Waals surface area contributed by atoms with Crippen LogP contribution in [0.25, 0.3) is 22.5 Å². The van der Waals surface area contributed by atoms with E-state index >= 15 is 0 Å². The first-order chi connectivity index (χ1) is 18.2. The highest BCUT2D eigenvalue weighted by atomic mass is 19.4. The van der Waals surface area contributed by atoms with Gasteiger partial charge in [-0.3, -0.25) is 9.69 Å². The average molecular weight is 523 g/mol. The number of halogens is 3. The fraction of sp³-hybridized carbons (Fsp3) is 0.259. The standard InChI is InChI=1S/C27H25F3N6O2/c1-4-31-23-11-17(18-7-5-6-8-19(18)25-34-32-15-35(25)2)12-24(33-23)36-13-21-20(26(36)37)9-16(14-38-3)10-22(21)27(28,29)30/h5-12,15H,4,13-14H2,1-3H3,(H,31,33). The molecule has 1 aliphatic heterocycles. The summed E-state index contributed by atoms with van der Waals surface area (Å²) in [7, 11) is 3.23. The van der Waals surface area contributed by atoms with Crippen LogP contribution in [-0.4, -0.2) is 39.3 Å². The lowest BCUT2D eigenvalue weighted by Crippen LogP contribution is -2.24. The highest BCUT2D eigenvalue weighted by Crippen LogP contribution is 2.41. The Balaban J connectivity index is 1.63. The Kier molecular flexibility index (Phi) is 6.62. The van der Waals surface area contributed by atoms with E-state index in [0.717, 1.165) is 22.8 Å². The summed E-state index contributed by atoms with van der Waals surface area (Å²) < 4.78 is 48.7. The molecule has 1 N–H and O–H groups in total. The summed E-state index contributed by atoms with van der Waals surface area (Å²) in [6.07, 6.45) is -3.02. The predicted molar refractivity (Wildman–Crippen MR) is 137 cm³/mol. The molecule has 8 nitrogen and oxygen atoms in total. The minimum absolute atomic E-state index is 0.00330. The Hall–Kier alpha value is -4.25. The fourth-order valence-corrected chi connectivity index (χ4v) is 4.69. The van der Waals surface area contributed by atoms with Crippen molar-refractivity contribution in [2.75, 3.05) is 23.9 Å². The number of amides is 1. The van der Waals surface area contributed by atoms with Crippen LogP contribution < -0.4 is 10.2 Å². The van der Waals surface area contributed by atoms with Crippen LogP contribution in [0.2, 0.25) is 0 Å². The number of pyridine rings is 1. The van der Waals surface area contributed by atoms with Gasteiger partial charge >= 0.3 is 6.18 Å². The molecule has 3 heterocycles. The van der Waals surface area contributed by atoms with Crippen molar-refractivity contribution >= 4 is 17.5 Å². The second-order valence-corrected chi connectivity index (χ2v) is 8.93. The van der Waals surface area contributed by atoms with Crippen molar-refractivity contribution in [1.82, 2.24) is 19.7 Å². The summed E-state index contributed by atoms with van der Waals surface area (Å²) in [5.74, 6) is 0.840. The van der Waals surface area contributed by atoms with Crippen LogP contribution in [0.5, 0.6) is 0 Å². The van der Waals surface area contributed by atoms with Crippen molar-refractivity contribution in [3.63, 3.8) is 0 Å². The van der Waals surface area contributed by atoms with E-state index in [9.17, 15) is 18.0 Å². The van der Waals surface area contributed by atoms with E-state index in [1.807, 2.05) is 44.3 Å². The van der Waals surface area contributed by atoms with Crippen LogP contribution in [0, 0.1) is 0 Å². The quantitative estimate of drug-likeness (QED) is 0.355. The Morgan fingerprint density at radius 3 is 2.50 bits per heavy atom. The zero-order chi connectivity index (χ0) is 27.0. The van der Waals surface area contributed by atoms with Gasteiger partial charge in [-0.05, 0) is 53.4 Å². The number of ether oxygens (including phenoxy) is 1. The number of methoxy groups -OCH3 is 1. The molecule has 0 unspecified atom stereocenters. The minimum atomic E-state index is -4.62. The average Bonchev–Trinajstić information content (AvgIpc) is 3.46. The first kappa shape index (κ1) is 25.4. The molecule has 2 aromatic heterocycles. The highest BCUT2D eigenvalue weighted by Gasteiger charge is 2.41. The van der Waals surface area contributed by atoms with Crippen molar-refractivity contribution in [1.29, 1.82) is 0 Å². The molecule has 0 radical (unpaired) electrons. The number of carbonyl (C=O) groups is 1. The molecule has 11 heteroatoms. The predicted octanol–water partition coefficient (Wildman–Crippen LogP) is 5.30. The van der Waals surface area contributed by atoms with Crippen LogP contribution in [0.1, 0.15) is 34.0 Å². The summed E-state index contributed by atoms with van der Waals surface area (Å²) >= 11 is 0. The van der Waals surface area contributed by atoms with E-state index in [1.165, 1.54) is 18.1 Å². The summed E-state index contributed by atoms with van der Waals surface area (Å²) in [6, 6.07) is 13.7. The smallest absolute Gasteiger partial charge is 0.380 e. The van der Waals surface area contributed by atoms with Gasteiger partial charge < -0.3 is 14.6 Å². The third-order valence-corrected chi connectivity index (χ3v) is 6.35. The number of aryl methyl sites for hydroxylation is 1. The Bertz CT molecular complexity index is 1520. The summed E-state index contributed by atoms with van der Waals surface area (Å²) in [6.45, 7) is 2.18. The molecule has 5 rings (SSSR count). The minimum Gasteiger partial charge on any atom is -0.380 e. The molecule has 1 aliphatic rings. The van der Waals surface area contributed by atoms with Gasteiger partial charge in [0.1, 0.15) is 18.0 Å². The summed E-state index contributed by atoms with van der Waals surface area (Å²) in [4.78, 5) is 19.3. The zero-order valence-electron chi connectivity index (χ0n) is 21.0. The number of aromatic nitrogens is 4. The van der Waals surface area contributed by atoms with E-state index in [-0.39, 0.29) is 35.7 Å². The van der Waals surface area contributed by atoms with Crippen LogP contribution in [0.15, 0.2) is 54.9 Å². The second-order valence-electron chi connectivity index (χ2n) is 8.93. The maximum absolute atomic E-state index is 14.0. The number of alkyl halides is 3. The molecule has 1 amide bonds. The Morgan fingerprint density at radius 2 is 1.84 bits per heavy atom. The van der Waals surface area contributed by atoms with Crippen molar-refractivity contribution in [2.45, 2.75) is 26.3 Å². The van der Waals surface area contributed by atoms with Gasteiger partial charge in [0.05, 0.1) is 18.7 Å². The van der Waals surface area contributed by atoms with Crippen molar-refractivity contribution in [2.24, 2.45) is 7.05 Å². The number of nitrogens with one attached hydrogen (secondary N) is 1. The molecule has 0 spiro atoms. The van der Waals surface area contributed by atoms with Crippen molar-refractivity contribution < 1.29 is 22.7 Å². The van der Waals surface area contributed by atoms with Gasteiger partial charge in [-0.25, -0.2) is 4.98 Å². The lowest BCUT2D eigenvalue weighted by molar-refractivity contribution is -0.138. The summed E-state index contributed by atoms with van der Waals surface area (Å²) in [5.41, 5.74) is 1.72. The van der Waals surface area contributed by atoms with E-state index in [0.29, 0.717) is 18.2 Å². The molecular formula is C27H25F3N6O2. The molecule has 2 aromatic carbocycles. The first-order valence-corrected chi connectivity index (χ1v) is 11.9. The number of rotatable bonds is 7. The molecule has 0 saturated heterocycles. The monoisotopic (exact) mass is 522 g/mol. The fourth-order valence-electron chi connectivity index (χ4n) is 4.69. The second kappa shape index (κ2) is 9.90. The molecule has 0 atom stereocenters. The number of benzene rings is 2. The van der Waals surface area contributed by atoms with Crippen molar-refractivity contribution in [3.05, 3.63) is 77.1 Å². The van der Waals surface area contributed by atoms with Crippen LogP contribution in [-0.2, 0) is 31.1 Å². The molecule has 0 aliphatic carbocycles. The van der Waals surface area contributed by atoms with Crippen molar-refractivity contribution in [3.8, 4) is 22.5 Å². The molecule has 0 fully saturated rings. The number of carbonyl (C=O) groups excluding carboxylic acids is 1. The van der Waals surface area contributed by atoms with E-state index in [4.69, 9.17) is 4.74 Å². The van der Waals surface area contributed by atoms with Gasteiger partial charge in [0, 0.05) is 31.8 Å². The Labute approximate surface area is 217 Å². The molecule has 0 bridgehead atoms. The molecular weight excluding hydrogens is 497 g/mol. The molecule has 38 heavy (non-hydrogen) atoms.